The lowest BCUT2D eigenvalue weighted by Crippen LogP contribution is -2.26. The summed E-state index contributed by atoms with van der Waals surface area (Å²) in [6.45, 7) is 1.52. The molecule has 2 aromatic rings. The summed E-state index contributed by atoms with van der Waals surface area (Å²) in [6, 6.07) is 8.58. The van der Waals surface area contributed by atoms with E-state index in [1.165, 1.54) is 10.7 Å². The number of primary amides is 1. The van der Waals surface area contributed by atoms with Gasteiger partial charge in [-0.25, -0.2) is 9.48 Å². The van der Waals surface area contributed by atoms with Crippen LogP contribution in [0.1, 0.15) is 17.4 Å². The lowest BCUT2D eigenvalue weighted by molar-refractivity contribution is -0.122. The van der Waals surface area contributed by atoms with Crippen molar-refractivity contribution in [1.29, 1.82) is 0 Å². The highest BCUT2D eigenvalue weighted by Gasteiger charge is 2.15. The summed E-state index contributed by atoms with van der Waals surface area (Å²) in [5.41, 5.74) is 12.3. The van der Waals surface area contributed by atoms with Gasteiger partial charge in [0.25, 0.3) is 0 Å². The summed E-state index contributed by atoms with van der Waals surface area (Å²) < 4.78 is 6.52. The fraction of sp³-hybridized carbons (Fsp3) is 0.214. The molecule has 0 aliphatic carbocycles. The van der Waals surface area contributed by atoms with Gasteiger partial charge >= 0.3 is 5.97 Å². The molecule has 7 nitrogen and oxygen atoms in total. The summed E-state index contributed by atoms with van der Waals surface area (Å²) in [4.78, 5) is 22.7. The largest absolute Gasteiger partial charge is 0.460 e. The highest BCUT2D eigenvalue weighted by Crippen LogP contribution is 2.11. The van der Waals surface area contributed by atoms with Crippen LogP contribution in [0.2, 0.25) is 0 Å². The monoisotopic (exact) mass is 288 g/mol. The maximum Gasteiger partial charge on any atom is 0.358 e. The van der Waals surface area contributed by atoms with Gasteiger partial charge in [0.15, 0.2) is 5.69 Å². The number of ether oxygens (including phenoxy) is 1. The Kier molecular flexibility index (Phi) is 4.22. The molecule has 0 bridgehead atoms. The van der Waals surface area contributed by atoms with Crippen molar-refractivity contribution in [2.45, 2.75) is 6.92 Å². The number of carbonyl (C=O) groups is 2. The Morgan fingerprint density at radius 1 is 1.29 bits per heavy atom. The number of hydrogen-bond donors (Lipinski definition) is 2. The van der Waals surface area contributed by atoms with Gasteiger partial charge in [-0.3, -0.25) is 4.79 Å². The van der Waals surface area contributed by atoms with E-state index < -0.39 is 17.8 Å². The van der Waals surface area contributed by atoms with Crippen LogP contribution in [0.5, 0.6) is 0 Å². The van der Waals surface area contributed by atoms with Crippen molar-refractivity contribution >= 4 is 17.6 Å². The molecule has 0 fully saturated rings. The van der Waals surface area contributed by atoms with Crippen LogP contribution in [0.25, 0.3) is 5.69 Å². The Balaban J connectivity index is 2.04. The van der Waals surface area contributed by atoms with Crippen LogP contribution in [-0.4, -0.2) is 28.3 Å². The molecule has 1 amide bonds. The SMILES string of the molecule is CC(COC(=O)c1ccn(-c2ccc(N)cc2)n1)C(N)=O. The summed E-state index contributed by atoms with van der Waals surface area (Å²) in [6.07, 6.45) is 1.64. The minimum Gasteiger partial charge on any atom is -0.460 e. The third-order valence-corrected chi connectivity index (χ3v) is 2.91. The smallest absolute Gasteiger partial charge is 0.358 e. The van der Waals surface area contributed by atoms with Gasteiger partial charge in [-0.05, 0) is 30.3 Å². The van der Waals surface area contributed by atoms with E-state index in [1.54, 1.807) is 37.4 Å². The van der Waals surface area contributed by atoms with Gasteiger partial charge in [-0.2, -0.15) is 5.10 Å². The fourth-order valence-corrected chi connectivity index (χ4v) is 1.56. The topological polar surface area (TPSA) is 113 Å². The molecule has 2 rings (SSSR count). The molecule has 0 spiro atoms. The van der Waals surface area contributed by atoms with Crippen LogP contribution in [0, 0.1) is 5.92 Å². The molecule has 1 atom stereocenters. The maximum atomic E-state index is 11.8. The van der Waals surface area contributed by atoms with Crippen molar-refractivity contribution in [3.63, 3.8) is 0 Å². The molecule has 1 heterocycles. The van der Waals surface area contributed by atoms with Crippen molar-refractivity contribution < 1.29 is 14.3 Å². The van der Waals surface area contributed by atoms with E-state index in [0.29, 0.717) is 5.69 Å². The van der Waals surface area contributed by atoms with Gasteiger partial charge in [0.05, 0.1) is 11.6 Å². The first-order valence-electron chi connectivity index (χ1n) is 6.35. The number of hydrogen-bond acceptors (Lipinski definition) is 5. The number of nitrogen functional groups attached to an aromatic ring is 1. The third kappa shape index (κ3) is 3.59. The van der Waals surface area contributed by atoms with E-state index in [1.807, 2.05) is 0 Å². The van der Waals surface area contributed by atoms with E-state index in [9.17, 15) is 9.59 Å². The van der Waals surface area contributed by atoms with Gasteiger partial charge in [-0.1, -0.05) is 6.92 Å². The average molecular weight is 288 g/mol. The Morgan fingerprint density at radius 2 is 1.95 bits per heavy atom. The first kappa shape index (κ1) is 14.6. The highest BCUT2D eigenvalue weighted by molar-refractivity contribution is 5.87. The molecule has 1 unspecified atom stereocenters. The molecule has 1 aromatic carbocycles. The minimum absolute atomic E-state index is 0.0666. The number of rotatable bonds is 5. The van der Waals surface area contributed by atoms with Crippen molar-refractivity contribution in [2.24, 2.45) is 11.7 Å². The lowest BCUT2D eigenvalue weighted by Gasteiger charge is -2.07. The van der Waals surface area contributed by atoms with E-state index in [0.717, 1.165) is 5.69 Å². The number of esters is 1. The number of benzene rings is 1. The normalized spacial score (nSPS) is 11.9. The highest BCUT2D eigenvalue weighted by atomic mass is 16.5. The molecule has 4 N–H and O–H groups in total. The fourth-order valence-electron chi connectivity index (χ4n) is 1.56. The zero-order valence-corrected chi connectivity index (χ0v) is 11.5. The van der Waals surface area contributed by atoms with Crippen LogP contribution in [0.3, 0.4) is 0 Å². The van der Waals surface area contributed by atoms with Crippen LogP contribution >= 0.6 is 0 Å². The van der Waals surface area contributed by atoms with Gasteiger partial charge in [0, 0.05) is 11.9 Å². The molecule has 110 valence electrons. The first-order chi connectivity index (χ1) is 9.97. The van der Waals surface area contributed by atoms with E-state index in [4.69, 9.17) is 16.2 Å². The van der Waals surface area contributed by atoms with Crippen LogP contribution in [-0.2, 0) is 9.53 Å². The lowest BCUT2D eigenvalue weighted by atomic mass is 10.2. The Morgan fingerprint density at radius 3 is 2.57 bits per heavy atom. The Hall–Kier alpha value is -2.83. The number of carbonyl (C=O) groups excluding carboxylic acids is 2. The quantitative estimate of drug-likeness (QED) is 0.622. The average Bonchev–Trinajstić information content (AvgIpc) is 2.94. The van der Waals surface area contributed by atoms with Crippen molar-refractivity contribution in [3.05, 3.63) is 42.2 Å². The number of nitrogens with zero attached hydrogens (tertiary/aromatic N) is 2. The Labute approximate surface area is 121 Å². The number of anilines is 1. The molecule has 0 aliphatic rings. The molecule has 7 heteroatoms. The zero-order chi connectivity index (χ0) is 15.4. The predicted molar refractivity (Wildman–Crippen MR) is 76.6 cm³/mol. The summed E-state index contributed by atoms with van der Waals surface area (Å²) in [7, 11) is 0. The third-order valence-electron chi connectivity index (χ3n) is 2.91. The summed E-state index contributed by atoms with van der Waals surface area (Å²) >= 11 is 0. The standard InChI is InChI=1S/C14H16N4O3/c1-9(13(16)19)8-21-14(20)12-6-7-18(17-12)11-4-2-10(15)3-5-11/h2-7,9H,8,15H2,1H3,(H2,16,19). The van der Waals surface area contributed by atoms with Crippen LogP contribution in [0.15, 0.2) is 36.5 Å². The predicted octanol–water partition coefficient (Wildman–Crippen LogP) is 0.733. The van der Waals surface area contributed by atoms with Crippen molar-refractivity contribution in [2.75, 3.05) is 12.3 Å². The van der Waals surface area contributed by atoms with Gasteiger partial charge in [0.2, 0.25) is 5.91 Å². The van der Waals surface area contributed by atoms with Crippen molar-refractivity contribution in [3.8, 4) is 5.69 Å². The number of aromatic nitrogens is 2. The van der Waals surface area contributed by atoms with Gasteiger partial charge in [-0.15, -0.1) is 0 Å². The van der Waals surface area contributed by atoms with E-state index >= 15 is 0 Å². The zero-order valence-electron chi connectivity index (χ0n) is 11.5. The van der Waals surface area contributed by atoms with Gasteiger partial charge < -0.3 is 16.2 Å². The molecular weight excluding hydrogens is 272 g/mol. The first-order valence-corrected chi connectivity index (χ1v) is 6.35. The van der Waals surface area contributed by atoms with Crippen LogP contribution < -0.4 is 11.5 Å². The molecule has 0 aliphatic heterocycles. The molecular formula is C14H16N4O3. The van der Waals surface area contributed by atoms with Crippen LogP contribution in [0.4, 0.5) is 5.69 Å². The number of amides is 1. The van der Waals surface area contributed by atoms with Crippen molar-refractivity contribution in [1.82, 2.24) is 9.78 Å². The van der Waals surface area contributed by atoms with Gasteiger partial charge in [0.1, 0.15) is 6.61 Å². The van der Waals surface area contributed by atoms with E-state index in [-0.39, 0.29) is 12.3 Å². The molecule has 1 aromatic heterocycles. The number of nitrogens with two attached hydrogens (primary N) is 2. The molecule has 21 heavy (non-hydrogen) atoms. The summed E-state index contributed by atoms with van der Waals surface area (Å²) in [5.74, 6) is -1.65. The molecule has 0 saturated carbocycles. The minimum atomic E-state index is -0.600. The summed E-state index contributed by atoms with van der Waals surface area (Å²) in [5, 5.41) is 4.12. The second-order valence-electron chi connectivity index (χ2n) is 4.64. The second-order valence-corrected chi connectivity index (χ2v) is 4.64. The van der Waals surface area contributed by atoms with E-state index in [2.05, 4.69) is 5.10 Å². The Bertz CT molecular complexity index is 648. The second kappa shape index (κ2) is 6.08. The molecule has 0 saturated heterocycles. The molecule has 0 radical (unpaired) electrons. The maximum absolute atomic E-state index is 11.8.